The molecule has 0 spiro atoms. The zero-order valence-corrected chi connectivity index (χ0v) is 17.9. The quantitative estimate of drug-likeness (QED) is 0.585. The van der Waals surface area contributed by atoms with Gasteiger partial charge in [0.05, 0.1) is 19.3 Å². The normalized spacial score (nSPS) is 19.3. The molecule has 5 rings (SSSR count). The summed E-state index contributed by atoms with van der Waals surface area (Å²) < 4.78 is 11.5. The van der Waals surface area contributed by atoms with Gasteiger partial charge in [0, 0.05) is 41.0 Å². The summed E-state index contributed by atoms with van der Waals surface area (Å²) in [6.45, 7) is 6.54. The molecular weight excluding hydrogens is 384 g/mol. The van der Waals surface area contributed by atoms with Crippen LogP contribution in [0, 0.1) is 0 Å². The van der Waals surface area contributed by atoms with Crippen molar-refractivity contribution in [3.05, 3.63) is 64.3 Å². The second-order valence-corrected chi connectivity index (χ2v) is 7.78. The van der Waals surface area contributed by atoms with Gasteiger partial charge in [0.1, 0.15) is 11.9 Å². The van der Waals surface area contributed by atoms with Crippen LogP contribution in [0.1, 0.15) is 49.6 Å². The van der Waals surface area contributed by atoms with E-state index in [1.807, 2.05) is 19.9 Å². The van der Waals surface area contributed by atoms with E-state index in [0.717, 1.165) is 55.3 Å². The first-order chi connectivity index (χ1) is 14.3. The summed E-state index contributed by atoms with van der Waals surface area (Å²) in [6.07, 6.45) is 3.21. The molecule has 5 heteroatoms. The molecule has 154 valence electrons. The molecule has 0 aliphatic carbocycles. The lowest BCUT2D eigenvalue weighted by molar-refractivity contribution is 0.0255. The molecule has 0 radical (unpaired) electrons. The number of ether oxygens (including phenoxy) is 2. The Kier molecular flexibility index (Phi) is 6.43. The lowest BCUT2D eigenvalue weighted by Crippen LogP contribution is -2.30. The van der Waals surface area contributed by atoms with E-state index in [9.17, 15) is 0 Å². The highest BCUT2D eigenvalue weighted by molar-refractivity contribution is 6.31. The van der Waals surface area contributed by atoms with E-state index in [4.69, 9.17) is 21.1 Å². The minimum atomic E-state index is 0.164. The number of hydrogen-bond acceptors (Lipinski definition) is 3. The predicted octanol–water partition coefficient (Wildman–Crippen LogP) is 5.64. The second-order valence-electron chi connectivity index (χ2n) is 7.34. The number of rotatable bonds is 3. The first-order valence-corrected chi connectivity index (χ1v) is 11.0. The van der Waals surface area contributed by atoms with Crippen molar-refractivity contribution in [2.75, 3.05) is 19.8 Å². The third kappa shape index (κ3) is 4.30. The molecule has 2 aliphatic rings. The molecule has 1 fully saturated rings. The van der Waals surface area contributed by atoms with Gasteiger partial charge < -0.3 is 19.8 Å². The van der Waals surface area contributed by atoms with Crippen molar-refractivity contribution < 1.29 is 9.47 Å². The fourth-order valence-electron chi connectivity index (χ4n) is 4.21. The Hall–Kier alpha value is -2.01. The Morgan fingerprint density at radius 2 is 1.79 bits per heavy atom. The van der Waals surface area contributed by atoms with Gasteiger partial charge in [-0.3, -0.25) is 0 Å². The fourth-order valence-corrected chi connectivity index (χ4v) is 4.38. The van der Waals surface area contributed by atoms with Crippen LogP contribution in [-0.4, -0.2) is 30.8 Å². The van der Waals surface area contributed by atoms with Crippen LogP contribution in [0.15, 0.2) is 42.5 Å². The highest BCUT2D eigenvalue weighted by atomic mass is 35.5. The molecular formula is C24H29ClN2O2. The van der Waals surface area contributed by atoms with Gasteiger partial charge in [0.25, 0.3) is 0 Å². The van der Waals surface area contributed by atoms with E-state index < -0.39 is 0 Å². The number of fused-ring (bicyclic) bond motifs is 3. The highest BCUT2D eigenvalue weighted by Crippen LogP contribution is 2.35. The predicted molar refractivity (Wildman–Crippen MR) is 119 cm³/mol. The summed E-state index contributed by atoms with van der Waals surface area (Å²) >= 11 is 6.22. The maximum atomic E-state index is 6.22. The standard InChI is InChI=1S/C22H23ClN2O2.C2H6/c23-15-3-6-20-19(13-15)18-7-10-24-21(22(18)25-20)14-1-4-16(5-2-14)27-17-8-11-26-12-9-17;1-2/h1-6,13,17,21,24-25H,7-12H2;1-2H3. The lowest BCUT2D eigenvalue weighted by Gasteiger charge is -2.26. The molecule has 0 amide bonds. The lowest BCUT2D eigenvalue weighted by atomic mass is 9.94. The topological polar surface area (TPSA) is 46.3 Å². The van der Waals surface area contributed by atoms with Crippen LogP contribution in [0.5, 0.6) is 5.75 Å². The average molecular weight is 413 g/mol. The van der Waals surface area contributed by atoms with Crippen LogP contribution in [0.25, 0.3) is 10.9 Å². The van der Waals surface area contributed by atoms with Crippen LogP contribution in [0.4, 0.5) is 0 Å². The Bertz CT molecular complexity index is 945. The van der Waals surface area contributed by atoms with E-state index in [2.05, 4.69) is 46.7 Å². The molecule has 2 aliphatic heterocycles. The van der Waals surface area contributed by atoms with Gasteiger partial charge in [-0.2, -0.15) is 0 Å². The van der Waals surface area contributed by atoms with Gasteiger partial charge in [-0.15, -0.1) is 0 Å². The summed E-state index contributed by atoms with van der Waals surface area (Å²) in [6, 6.07) is 14.7. The number of aromatic amines is 1. The van der Waals surface area contributed by atoms with Crippen molar-refractivity contribution in [3.8, 4) is 5.75 Å². The van der Waals surface area contributed by atoms with Crippen molar-refractivity contribution >= 4 is 22.5 Å². The molecule has 1 saturated heterocycles. The largest absolute Gasteiger partial charge is 0.490 e. The molecule has 1 unspecified atom stereocenters. The maximum absolute atomic E-state index is 6.22. The average Bonchev–Trinajstić information content (AvgIpc) is 3.14. The molecule has 1 atom stereocenters. The zero-order valence-electron chi connectivity index (χ0n) is 17.1. The van der Waals surface area contributed by atoms with Gasteiger partial charge in [-0.1, -0.05) is 37.6 Å². The second kappa shape index (κ2) is 9.21. The summed E-state index contributed by atoms with van der Waals surface area (Å²) in [4.78, 5) is 3.61. The van der Waals surface area contributed by atoms with E-state index >= 15 is 0 Å². The maximum Gasteiger partial charge on any atom is 0.119 e. The van der Waals surface area contributed by atoms with E-state index in [1.165, 1.54) is 22.2 Å². The van der Waals surface area contributed by atoms with Crippen LogP contribution in [0.2, 0.25) is 5.02 Å². The first-order valence-electron chi connectivity index (χ1n) is 10.7. The summed E-state index contributed by atoms with van der Waals surface area (Å²) in [7, 11) is 0. The van der Waals surface area contributed by atoms with Crippen LogP contribution in [-0.2, 0) is 11.2 Å². The number of nitrogens with one attached hydrogen (secondary N) is 2. The number of aromatic nitrogens is 1. The monoisotopic (exact) mass is 412 g/mol. The summed E-state index contributed by atoms with van der Waals surface area (Å²) in [5.41, 5.74) is 5.01. The zero-order chi connectivity index (χ0) is 20.2. The van der Waals surface area contributed by atoms with Crippen molar-refractivity contribution in [3.63, 3.8) is 0 Å². The number of benzene rings is 2. The van der Waals surface area contributed by atoms with E-state index in [1.54, 1.807) is 0 Å². The SMILES string of the molecule is CC.Clc1ccc2[nH]c3c(c2c1)CCNC3c1ccc(OC2CCOCC2)cc1. The molecule has 1 aromatic heterocycles. The van der Waals surface area contributed by atoms with Crippen molar-refractivity contribution in [1.82, 2.24) is 10.3 Å². The molecule has 4 nitrogen and oxygen atoms in total. The van der Waals surface area contributed by atoms with Crippen molar-refractivity contribution in [1.29, 1.82) is 0 Å². The van der Waals surface area contributed by atoms with Gasteiger partial charge in [0.2, 0.25) is 0 Å². The van der Waals surface area contributed by atoms with Crippen LogP contribution < -0.4 is 10.1 Å². The van der Waals surface area contributed by atoms with E-state index in [0.29, 0.717) is 0 Å². The minimum absolute atomic E-state index is 0.164. The Morgan fingerprint density at radius 1 is 1.03 bits per heavy atom. The molecule has 2 aromatic carbocycles. The van der Waals surface area contributed by atoms with E-state index in [-0.39, 0.29) is 12.1 Å². The number of halogens is 1. The smallest absolute Gasteiger partial charge is 0.119 e. The summed E-state index contributed by atoms with van der Waals surface area (Å²) in [5, 5.41) is 5.67. The Labute approximate surface area is 177 Å². The number of H-pyrrole nitrogens is 1. The van der Waals surface area contributed by atoms with Gasteiger partial charge in [-0.05, 0) is 47.9 Å². The molecule has 29 heavy (non-hydrogen) atoms. The summed E-state index contributed by atoms with van der Waals surface area (Å²) in [5.74, 6) is 0.935. The Balaban J connectivity index is 0.000000994. The minimum Gasteiger partial charge on any atom is -0.490 e. The molecule has 3 heterocycles. The third-order valence-corrected chi connectivity index (χ3v) is 5.83. The highest BCUT2D eigenvalue weighted by Gasteiger charge is 2.25. The fraction of sp³-hybridized carbons (Fsp3) is 0.417. The Morgan fingerprint density at radius 3 is 2.55 bits per heavy atom. The van der Waals surface area contributed by atoms with Crippen molar-refractivity contribution in [2.24, 2.45) is 0 Å². The van der Waals surface area contributed by atoms with Gasteiger partial charge in [-0.25, -0.2) is 0 Å². The van der Waals surface area contributed by atoms with Crippen LogP contribution in [0.3, 0.4) is 0 Å². The molecule has 0 bridgehead atoms. The first kappa shape index (κ1) is 20.3. The molecule has 2 N–H and O–H groups in total. The third-order valence-electron chi connectivity index (χ3n) is 5.60. The van der Waals surface area contributed by atoms with Crippen LogP contribution >= 0.6 is 11.6 Å². The number of hydrogen-bond donors (Lipinski definition) is 2. The van der Waals surface area contributed by atoms with Gasteiger partial charge in [0.15, 0.2) is 0 Å². The van der Waals surface area contributed by atoms with Crippen molar-refractivity contribution in [2.45, 2.75) is 45.3 Å². The molecule has 3 aromatic rings. The van der Waals surface area contributed by atoms with Gasteiger partial charge >= 0.3 is 0 Å². The molecule has 0 saturated carbocycles.